The van der Waals surface area contributed by atoms with E-state index >= 15 is 0 Å². The molecule has 0 spiro atoms. The Labute approximate surface area is 266 Å². The van der Waals surface area contributed by atoms with Gasteiger partial charge in [0.2, 0.25) is 11.8 Å². The van der Waals surface area contributed by atoms with Gasteiger partial charge in [0.15, 0.2) is 16.5 Å². The van der Waals surface area contributed by atoms with E-state index in [1.165, 1.54) is 55.5 Å². The van der Waals surface area contributed by atoms with Crippen LogP contribution in [-0.2, 0) is 52.4 Å². The number of benzene rings is 2. The van der Waals surface area contributed by atoms with Crippen LogP contribution in [0, 0.1) is 26.1 Å². The van der Waals surface area contributed by atoms with Crippen molar-refractivity contribution >= 4 is 51.2 Å². The lowest BCUT2D eigenvalue weighted by Gasteiger charge is -2.48. The number of β-lactam (4-membered cyclic amide) rings is 1. The number of carboxylic acids is 1. The van der Waals surface area contributed by atoms with Crippen molar-refractivity contribution in [2.45, 2.75) is 31.4 Å². The molecule has 246 valence electrons. The number of nitrogens with zero attached hydrogens (tertiary/aromatic N) is 5. The molecule has 0 aliphatic carbocycles. The van der Waals surface area contributed by atoms with Gasteiger partial charge >= 0.3 is 17.2 Å². The summed E-state index contributed by atoms with van der Waals surface area (Å²) in [6.07, 6.45) is -2.64. The van der Waals surface area contributed by atoms with Crippen LogP contribution in [0.4, 0.5) is 16.2 Å². The molecule has 47 heavy (non-hydrogen) atoms. The quantitative estimate of drug-likeness (QED) is 0.0580. The van der Waals surface area contributed by atoms with E-state index in [0.717, 1.165) is 0 Å². The number of hydrogen-bond donors (Lipinski definition) is 2. The first-order valence-electron chi connectivity index (χ1n) is 13.5. The first-order valence-corrected chi connectivity index (χ1v) is 14.7. The summed E-state index contributed by atoms with van der Waals surface area (Å²) in [6.45, 7) is 0.371. The second-order valence-corrected chi connectivity index (χ2v) is 11.4. The van der Waals surface area contributed by atoms with Gasteiger partial charge in [-0.3, -0.25) is 34.7 Å². The predicted molar refractivity (Wildman–Crippen MR) is 155 cm³/mol. The zero-order valence-electron chi connectivity index (χ0n) is 24.2. The van der Waals surface area contributed by atoms with Crippen molar-refractivity contribution in [1.29, 1.82) is 0 Å². The van der Waals surface area contributed by atoms with E-state index < -0.39 is 85.1 Å². The molecule has 2 heterocycles. The van der Waals surface area contributed by atoms with Crippen LogP contribution in [0.25, 0.3) is 5.53 Å². The van der Waals surface area contributed by atoms with Gasteiger partial charge in [0.1, 0.15) is 30.6 Å². The molecule has 1 unspecified atom stereocenters. The molecule has 2 aliphatic heterocycles. The van der Waals surface area contributed by atoms with Gasteiger partial charge in [0.25, 0.3) is 17.1 Å². The molecule has 2 aromatic carbocycles. The van der Waals surface area contributed by atoms with Crippen LogP contribution in [0.3, 0.4) is 0 Å². The van der Waals surface area contributed by atoms with Gasteiger partial charge in [0, 0.05) is 24.3 Å². The third-order valence-electron chi connectivity index (χ3n) is 6.91. The Morgan fingerprint density at radius 3 is 2.17 bits per heavy atom. The number of fused-ring (bicyclic) bond motifs is 1. The van der Waals surface area contributed by atoms with Crippen LogP contribution in [0.1, 0.15) is 18.1 Å². The van der Waals surface area contributed by atoms with Gasteiger partial charge in [-0.15, -0.1) is 0 Å². The van der Waals surface area contributed by atoms with Crippen molar-refractivity contribution in [2.24, 2.45) is 5.92 Å². The Bertz CT molecular complexity index is 1740. The SMILES string of the molecule is CC(OC(=O)OCc1ccc([N+](=O)[O-])cc1)[C@H]1C(=O)N2C(C(=O)O)=C(OCCNC(=O)Cc3ccc([N+](=O)[O-])cc3)C(=[N+]=[N-])[S@](=O)[C@@H]12. The lowest BCUT2D eigenvalue weighted by molar-refractivity contribution is -0.385. The van der Waals surface area contributed by atoms with E-state index in [1.54, 1.807) is 0 Å². The monoisotopic (exact) mass is 672 g/mol. The summed E-state index contributed by atoms with van der Waals surface area (Å²) in [5, 5.41) is 31.8. The highest BCUT2D eigenvalue weighted by molar-refractivity contribution is 8.01. The summed E-state index contributed by atoms with van der Waals surface area (Å²) < 4.78 is 28.9. The molecule has 1 fully saturated rings. The minimum atomic E-state index is -2.37. The van der Waals surface area contributed by atoms with Crippen molar-refractivity contribution in [3.63, 3.8) is 0 Å². The van der Waals surface area contributed by atoms with Gasteiger partial charge in [-0.05, 0) is 30.2 Å². The molecule has 2 N–H and O–H groups in total. The molecular formula is C27H24N6O13S. The lowest BCUT2D eigenvalue weighted by Crippen LogP contribution is -2.69. The number of carbonyl (C=O) groups excluding carboxylic acids is 3. The standard InChI is InChI=1S/C27H24N6O13S/c1-14(46-27(38)45-13-16-4-8-18(9-5-16)33(41)42)20-24(35)31-21(26(36)37)22(23(30-28)47(43)25(20)31)44-11-10-29-19(34)12-15-2-6-17(7-3-15)32(39)40/h2-9,14,20,25H,10-13H2,1H3,(H,29,34)(H,36,37)/t14?,20-,25-,47-/m0/s1. The summed E-state index contributed by atoms with van der Waals surface area (Å²) in [5.74, 6) is -5.07. The fraction of sp³-hybridized carbons (Fsp3) is 0.296. The Morgan fingerprint density at radius 1 is 1.06 bits per heavy atom. The van der Waals surface area contributed by atoms with Gasteiger partial charge in [-0.2, -0.15) is 4.79 Å². The van der Waals surface area contributed by atoms with Crippen molar-refractivity contribution < 1.29 is 57.3 Å². The minimum Gasteiger partial charge on any atom is -0.482 e. The fourth-order valence-corrected chi connectivity index (χ4v) is 6.31. The number of nitro benzene ring substituents is 2. The number of rotatable bonds is 13. The molecule has 2 aliphatic rings. The maximum atomic E-state index is 13.3. The molecule has 20 heteroatoms. The zero-order valence-corrected chi connectivity index (χ0v) is 25.0. The van der Waals surface area contributed by atoms with Crippen molar-refractivity contribution in [3.05, 3.63) is 96.9 Å². The van der Waals surface area contributed by atoms with Crippen LogP contribution >= 0.6 is 0 Å². The number of amides is 2. The molecule has 19 nitrogen and oxygen atoms in total. The molecule has 2 aromatic rings. The van der Waals surface area contributed by atoms with Crippen LogP contribution in [-0.4, -0.2) is 82.5 Å². The molecule has 2 amide bonds. The van der Waals surface area contributed by atoms with Crippen LogP contribution in [0.2, 0.25) is 0 Å². The first-order chi connectivity index (χ1) is 22.3. The minimum absolute atomic E-state index is 0.134. The molecule has 0 bridgehead atoms. The highest BCUT2D eigenvalue weighted by atomic mass is 32.2. The Hall–Kier alpha value is -6.01. The number of nitrogens with one attached hydrogen (secondary N) is 1. The van der Waals surface area contributed by atoms with Crippen molar-refractivity contribution in [3.8, 4) is 0 Å². The van der Waals surface area contributed by atoms with Crippen molar-refractivity contribution in [1.82, 2.24) is 10.2 Å². The van der Waals surface area contributed by atoms with E-state index in [1.807, 2.05) is 0 Å². The van der Waals surface area contributed by atoms with Gasteiger partial charge in [-0.25, -0.2) is 13.8 Å². The van der Waals surface area contributed by atoms with E-state index in [-0.39, 0.29) is 30.9 Å². The highest BCUT2D eigenvalue weighted by Crippen LogP contribution is 2.42. The van der Waals surface area contributed by atoms with Crippen molar-refractivity contribution in [2.75, 3.05) is 13.2 Å². The number of ether oxygens (including phenoxy) is 3. The molecule has 0 radical (unpaired) electrons. The summed E-state index contributed by atoms with van der Waals surface area (Å²) in [5.41, 5.74) is 9.39. The molecule has 0 saturated carbocycles. The molecule has 0 aromatic heterocycles. The third-order valence-corrected chi connectivity index (χ3v) is 8.50. The number of aliphatic carboxylic acids is 1. The summed E-state index contributed by atoms with van der Waals surface area (Å²) in [4.78, 5) is 73.8. The maximum absolute atomic E-state index is 13.3. The van der Waals surface area contributed by atoms with E-state index in [0.29, 0.717) is 16.0 Å². The fourth-order valence-electron chi connectivity index (χ4n) is 4.66. The number of nitro groups is 2. The topological polar surface area (TPSA) is 271 Å². The van der Waals surface area contributed by atoms with Gasteiger partial charge in [0.05, 0.1) is 22.8 Å². The highest BCUT2D eigenvalue weighted by Gasteiger charge is 2.64. The number of non-ortho nitro benzene ring substituents is 2. The first kappa shape index (κ1) is 33.9. The number of hydrogen-bond acceptors (Lipinski definition) is 12. The average Bonchev–Trinajstić information content (AvgIpc) is 3.02. The summed E-state index contributed by atoms with van der Waals surface area (Å²) in [6, 6.07) is 10.4. The predicted octanol–water partition coefficient (Wildman–Crippen LogP) is 1.39. The van der Waals surface area contributed by atoms with E-state index in [9.17, 15) is 54.3 Å². The van der Waals surface area contributed by atoms with Crippen LogP contribution in [0.15, 0.2) is 60.0 Å². The van der Waals surface area contributed by atoms with E-state index in [2.05, 4.69) is 10.1 Å². The molecule has 4 atom stereocenters. The molecular weight excluding hydrogens is 648 g/mol. The van der Waals surface area contributed by atoms with E-state index in [4.69, 9.17) is 14.2 Å². The van der Waals surface area contributed by atoms with Gasteiger partial charge in [-0.1, -0.05) is 12.1 Å². The molecule has 1 saturated heterocycles. The summed E-state index contributed by atoms with van der Waals surface area (Å²) in [7, 11) is -2.37. The molecule has 4 rings (SSSR count). The second-order valence-electron chi connectivity index (χ2n) is 9.89. The van der Waals surface area contributed by atoms with Gasteiger partial charge < -0.3 is 30.2 Å². The number of carboxylic acid groups (broad SMARTS) is 1. The Balaban J connectivity index is 1.36. The number of carbonyl (C=O) groups is 4. The second kappa shape index (κ2) is 14.4. The lowest BCUT2D eigenvalue weighted by atomic mass is 9.91. The largest absolute Gasteiger partial charge is 0.508 e. The normalized spacial score (nSPS) is 19.0. The van der Waals surface area contributed by atoms with Crippen LogP contribution in [0.5, 0.6) is 0 Å². The Morgan fingerprint density at radius 2 is 1.64 bits per heavy atom. The van der Waals surface area contributed by atoms with Crippen LogP contribution < -0.4 is 5.32 Å². The zero-order chi connectivity index (χ0) is 34.4. The summed E-state index contributed by atoms with van der Waals surface area (Å²) >= 11 is 0. The average molecular weight is 673 g/mol. The Kier molecular flexibility index (Phi) is 10.4. The smallest absolute Gasteiger partial charge is 0.482 e. The maximum Gasteiger partial charge on any atom is 0.508 e. The third kappa shape index (κ3) is 7.45.